The number of halogens is 1. The highest BCUT2D eigenvalue weighted by atomic mass is 35.5. The monoisotopic (exact) mass is 402 g/mol. The summed E-state index contributed by atoms with van der Waals surface area (Å²) in [4.78, 5) is 28.3. The Morgan fingerprint density at radius 2 is 2.08 bits per heavy atom. The predicted molar refractivity (Wildman–Crippen MR) is 97.1 cm³/mol. The molecule has 1 aromatic carbocycles. The first kappa shape index (κ1) is 18.2. The molecule has 10 heteroatoms. The van der Waals surface area contributed by atoms with Crippen LogP contribution in [-0.2, 0) is 19.4 Å². The molecule has 1 N–H and O–H groups in total. The summed E-state index contributed by atoms with van der Waals surface area (Å²) >= 11 is 7.28. The number of hydrogen-bond acceptors (Lipinski definition) is 5. The Morgan fingerprint density at radius 3 is 2.76 bits per heavy atom. The Hall–Kier alpha value is -1.58. The van der Waals surface area contributed by atoms with E-state index in [0.717, 1.165) is 0 Å². The quantitative estimate of drug-likeness (QED) is 0.818. The number of carbonyl (C=O) groups is 2. The third kappa shape index (κ3) is 4.16. The Morgan fingerprint density at radius 1 is 1.32 bits per heavy atom. The summed E-state index contributed by atoms with van der Waals surface area (Å²) in [5, 5.41) is 9.34. The molecule has 0 saturated carbocycles. The molecule has 0 aliphatic carbocycles. The fourth-order valence-electron chi connectivity index (χ4n) is 2.87. The van der Waals surface area contributed by atoms with Gasteiger partial charge in [0.25, 0.3) is 0 Å². The number of aliphatic carboxylic acids is 1. The number of amidine groups is 1. The molecule has 0 radical (unpaired) electrons. The molecule has 2 aliphatic heterocycles. The summed E-state index contributed by atoms with van der Waals surface area (Å²) in [5.41, 5.74) is 0.661. The number of anilines is 1. The Bertz CT molecular complexity index is 855. The normalized spacial score (nSPS) is 26.0. The van der Waals surface area contributed by atoms with Gasteiger partial charge >= 0.3 is 5.97 Å². The van der Waals surface area contributed by atoms with Crippen LogP contribution in [0.15, 0.2) is 29.3 Å². The summed E-state index contributed by atoms with van der Waals surface area (Å²) in [6, 6.07) is 6.58. The lowest BCUT2D eigenvalue weighted by atomic mass is 10.2. The highest BCUT2D eigenvalue weighted by Crippen LogP contribution is 2.41. The summed E-state index contributed by atoms with van der Waals surface area (Å²) in [6.45, 7) is 0. The third-order valence-electron chi connectivity index (χ3n) is 3.93. The van der Waals surface area contributed by atoms with E-state index in [1.54, 1.807) is 29.2 Å². The summed E-state index contributed by atoms with van der Waals surface area (Å²) in [5.74, 6) is -1.59. The number of rotatable bonds is 4. The number of amides is 1. The van der Waals surface area contributed by atoms with Gasteiger partial charge in [-0.05, 0) is 18.2 Å². The molecule has 2 aliphatic rings. The third-order valence-corrected chi connectivity index (χ3v) is 7.37. The number of carboxylic acids is 1. The van der Waals surface area contributed by atoms with Gasteiger partial charge in [-0.3, -0.25) is 9.59 Å². The number of sulfone groups is 1. The smallest absolute Gasteiger partial charge is 0.303 e. The predicted octanol–water partition coefficient (Wildman–Crippen LogP) is 1.81. The molecular weight excluding hydrogens is 388 g/mol. The van der Waals surface area contributed by atoms with Gasteiger partial charge in [0, 0.05) is 22.4 Å². The van der Waals surface area contributed by atoms with Crippen molar-refractivity contribution in [2.45, 2.75) is 24.1 Å². The molecule has 1 amide bonds. The van der Waals surface area contributed by atoms with Crippen LogP contribution in [-0.4, -0.2) is 53.4 Å². The Kier molecular flexibility index (Phi) is 5.08. The molecule has 0 bridgehead atoms. The standard InChI is InChI=1S/C15H15ClN2O5S2/c16-9-2-1-3-10(6-9)18-11-7-25(22,23)8-12(11)24-15(18)17-13(19)4-5-14(20)21/h1-3,6,11-12H,4-5,7-8H2,(H,20,21)/t11-,12+/m0/s1. The van der Waals surface area contributed by atoms with Crippen LogP contribution in [0.1, 0.15) is 12.8 Å². The maximum Gasteiger partial charge on any atom is 0.303 e. The number of carbonyl (C=O) groups excluding carboxylic acids is 1. The fourth-order valence-corrected chi connectivity index (χ4v) is 6.98. The van der Waals surface area contributed by atoms with Crippen molar-refractivity contribution in [1.29, 1.82) is 0 Å². The van der Waals surface area contributed by atoms with Crippen LogP contribution >= 0.6 is 23.4 Å². The van der Waals surface area contributed by atoms with Crippen molar-refractivity contribution in [2.24, 2.45) is 4.99 Å². The first-order valence-electron chi connectivity index (χ1n) is 7.50. The van der Waals surface area contributed by atoms with Crippen molar-refractivity contribution in [2.75, 3.05) is 16.4 Å². The molecule has 25 heavy (non-hydrogen) atoms. The largest absolute Gasteiger partial charge is 0.481 e. The number of nitrogens with zero attached hydrogens (tertiary/aromatic N) is 2. The molecule has 2 atom stereocenters. The second-order valence-corrected chi connectivity index (χ2v) is 9.63. The van der Waals surface area contributed by atoms with Gasteiger partial charge in [0.05, 0.1) is 24.0 Å². The highest BCUT2D eigenvalue weighted by Gasteiger charge is 2.49. The van der Waals surface area contributed by atoms with E-state index in [0.29, 0.717) is 15.9 Å². The lowest BCUT2D eigenvalue weighted by Crippen LogP contribution is -2.37. The van der Waals surface area contributed by atoms with Crippen LogP contribution in [0.2, 0.25) is 5.02 Å². The zero-order valence-electron chi connectivity index (χ0n) is 13.0. The van der Waals surface area contributed by atoms with E-state index in [9.17, 15) is 18.0 Å². The van der Waals surface area contributed by atoms with Gasteiger partial charge in [-0.15, -0.1) is 0 Å². The minimum atomic E-state index is -3.14. The number of aliphatic imine (C=N–C) groups is 1. The average Bonchev–Trinajstić information content (AvgIpc) is 2.96. The zero-order valence-corrected chi connectivity index (χ0v) is 15.4. The van der Waals surface area contributed by atoms with Crippen molar-refractivity contribution in [1.82, 2.24) is 0 Å². The van der Waals surface area contributed by atoms with Gasteiger partial charge in [-0.25, -0.2) is 8.42 Å². The van der Waals surface area contributed by atoms with E-state index in [-0.39, 0.29) is 35.6 Å². The summed E-state index contributed by atoms with van der Waals surface area (Å²) < 4.78 is 23.9. The molecule has 0 aromatic heterocycles. The van der Waals surface area contributed by atoms with Gasteiger partial charge in [0.15, 0.2) is 15.0 Å². The molecule has 2 saturated heterocycles. The molecule has 2 heterocycles. The molecule has 134 valence electrons. The van der Waals surface area contributed by atoms with Crippen LogP contribution in [0.4, 0.5) is 5.69 Å². The van der Waals surface area contributed by atoms with Crippen molar-refractivity contribution in [3.05, 3.63) is 29.3 Å². The number of hydrogen-bond donors (Lipinski definition) is 1. The Balaban J connectivity index is 1.92. The minimum Gasteiger partial charge on any atom is -0.481 e. The van der Waals surface area contributed by atoms with Gasteiger partial charge in [-0.2, -0.15) is 4.99 Å². The number of fused-ring (bicyclic) bond motifs is 1. The molecule has 3 rings (SSSR count). The molecule has 0 unspecified atom stereocenters. The van der Waals surface area contributed by atoms with Crippen LogP contribution in [0.3, 0.4) is 0 Å². The van der Waals surface area contributed by atoms with E-state index < -0.39 is 21.7 Å². The van der Waals surface area contributed by atoms with Crippen molar-refractivity contribution < 1.29 is 23.1 Å². The van der Waals surface area contributed by atoms with Crippen LogP contribution in [0, 0.1) is 0 Å². The topological polar surface area (TPSA) is 104 Å². The first-order valence-corrected chi connectivity index (χ1v) is 10.6. The van der Waals surface area contributed by atoms with E-state index in [4.69, 9.17) is 16.7 Å². The number of benzene rings is 1. The van der Waals surface area contributed by atoms with Crippen molar-refractivity contribution >= 4 is 55.9 Å². The lowest BCUT2D eigenvalue weighted by Gasteiger charge is -2.24. The molecule has 1 aromatic rings. The average molecular weight is 403 g/mol. The first-order chi connectivity index (χ1) is 11.7. The zero-order chi connectivity index (χ0) is 18.2. The number of thioether (sulfide) groups is 1. The minimum absolute atomic E-state index is 0.0144. The van der Waals surface area contributed by atoms with Crippen LogP contribution in [0.5, 0.6) is 0 Å². The SMILES string of the molecule is O=C(O)CCC(=O)N=C1S[C@@H]2CS(=O)(=O)C[C@@H]2N1c1cccc(Cl)c1. The maximum atomic E-state index is 12.0. The van der Waals surface area contributed by atoms with E-state index in [1.807, 2.05) is 0 Å². The fraction of sp³-hybridized carbons (Fsp3) is 0.400. The van der Waals surface area contributed by atoms with Crippen molar-refractivity contribution in [3.8, 4) is 0 Å². The highest BCUT2D eigenvalue weighted by molar-refractivity contribution is 8.16. The van der Waals surface area contributed by atoms with Crippen molar-refractivity contribution in [3.63, 3.8) is 0 Å². The van der Waals surface area contributed by atoms with Gasteiger partial charge in [0.1, 0.15) is 0 Å². The van der Waals surface area contributed by atoms with Crippen LogP contribution in [0.25, 0.3) is 0 Å². The van der Waals surface area contributed by atoms with Gasteiger partial charge in [-0.1, -0.05) is 29.4 Å². The van der Waals surface area contributed by atoms with Gasteiger partial charge < -0.3 is 10.0 Å². The molecule has 0 spiro atoms. The molecule has 2 fully saturated rings. The Labute approximate surface area is 154 Å². The lowest BCUT2D eigenvalue weighted by molar-refractivity contribution is -0.138. The van der Waals surface area contributed by atoms with Gasteiger partial charge in [0.2, 0.25) is 5.91 Å². The number of carboxylic acid groups (broad SMARTS) is 1. The van der Waals surface area contributed by atoms with E-state index >= 15 is 0 Å². The van der Waals surface area contributed by atoms with E-state index in [1.165, 1.54) is 11.8 Å². The second-order valence-electron chi connectivity index (χ2n) is 5.83. The summed E-state index contributed by atoms with van der Waals surface area (Å²) in [6.07, 6.45) is -0.491. The van der Waals surface area contributed by atoms with E-state index in [2.05, 4.69) is 4.99 Å². The molecular formula is C15H15ClN2O5S2. The summed E-state index contributed by atoms with van der Waals surface area (Å²) in [7, 11) is -3.14. The maximum absolute atomic E-state index is 12.0. The van der Waals surface area contributed by atoms with Crippen LogP contribution < -0.4 is 4.90 Å². The second kappa shape index (κ2) is 6.97. The molecule has 7 nitrogen and oxygen atoms in total.